The lowest BCUT2D eigenvalue weighted by Crippen LogP contribution is -2.46. The molecular formula is C24H28N4O5. The zero-order valence-corrected chi connectivity index (χ0v) is 18.5. The summed E-state index contributed by atoms with van der Waals surface area (Å²) in [6.07, 6.45) is 5.32. The summed E-state index contributed by atoms with van der Waals surface area (Å²) < 4.78 is 11.3. The maximum absolute atomic E-state index is 13.1. The van der Waals surface area contributed by atoms with Crippen molar-refractivity contribution in [3.63, 3.8) is 0 Å². The van der Waals surface area contributed by atoms with Gasteiger partial charge in [0.05, 0.1) is 36.7 Å². The van der Waals surface area contributed by atoms with Gasteiger partial charge in [-0.3, -0.25) is 19.4 Å². The Kier molecular flexibility index (Phi) is 6.88. The van der Waals surface area contributed by atoms with Crippen molar-refractivity contribution in [2.75, 3.05) is 25.1 Å². The number of amides is 3. The number of nitrogens with zero attached hydrogens (tertiary/aromatic N) is 2. The molecule has 3 atom stereocenters. The number of nitrogens with one attached hydrogen (secondary N) is 1. The molecule has 2 aromatic rings. The lowest BCUT2D eigenvalue weighted by atomic mass is 9.89. The first-order valence-corrected chi connectivity index (χ1v) is 11.1. The highest BCUT2D eigenvalue weighted by atomic mass is 16.5. The van der Waals surface area contributed by atoms with E-state index in [1.54, 1.807) is 4.90 Å². The lowest BCUT2D eigenvalue weighted by molar-refractivity contribution is -0.146. The molecule has 0 aliphatic carbocycles. The molecule has 2 aliphatic rings. The van der Waals surface area contributed by atoms with E-state index in [4.69, 9.17) is 15.2 Å². The van der Waals surface area contributed by atoms with Gasteiger partial charge >= 0.3 is 11.8 Å². The number of hydrogen-bond donors (Lipinski definition) is 2. The second kappa shape index (κ2) is 9.99. The molecule has 3 amide bonds. The van der Waals surface area contributed by atoms with Crippen LogP contribution >= 0.6 is 0 Å². The van der Waals surface area contributed by atoms with Crippen molar-refractivity contribution in [2.24, 2.45) is 11.7 Å². The predicted molar refractivity (Wildman–Crippen MR) is 121 cm³/mol. The summed E-state index contributed by atoms with van der Waals surface area (Å²) in [5.41, 5.74) is 6.61. The smallest absolute Gasteiger partial charge is 0.313 e. The number of hydrogen-bond acceptors (Lipinski definition) is 6. The highest BCUT2D eigenvalue weighted by Gasteiger charge is 2.34. The summed E-state index contributed by atoms with van der Waals surface area (Å²) >= 11 is 0. The van der Waals surface area contributed by atoms with E-state index < -0.39 is 17.7 Å². The number of pyridine rings is 1. The molecule has 0 saturated carbocycles. The molecule has 0 unspecified atom stereocenters. The normalized spacial score (nSPS) is 22.6. The van der Waals surface area contributed by atoms with Crippen LogP contribution < -0.4 is 15.8 Å². The number of rotatable bonds is 5. The Morgan fingerprint density at radius 3 is 2.64 bits per heavy atom. The van der Waals surface area contributed by atoms with Gasteiger partial charge in [0.1, 0.15) is 11.9 Å². The highest BCUT2D eigenvalue weighted by Crippen LogP contribution is 2.34. The van der Waals surface area contributed by atoms with Crippen LogP contribution in [0.4, 0.5) is 5.69 Å². The predicted octanol–water partition coefficient (Wildman–Crippen LogP) is 2.29. The molecule has 1 aromatic heterocycles. The Hall–Kier alpha value is -3.46. The summed E-state index contributed by atoms with van der Waals surface area (Å²) in [6, 6.07) is 8.88. The van der Waals surface area contributed by atoms with Crippen molar-refractivity contribution in [3.8, 4) is 5.75 Å². The van der Waals surface area contributed by atoms with E-state index in [2.05, 4.69) is 17.2 Å². The van der Waals surface area contributed by atoms with Crippen LogP contribution in [0.1, 0.15) is 48.1 Å². The van der Waals surface area contributed by atoms with Gasteiger partial charge < -0.3 is 25.4 Å². The van der Waals surface area contributed by atoms with Gasteiger partial charge in [0.2, 0.25) is 5.91 Å². The summed E-state index contributed by atoms with van der Waals surface area (Å²) in [6.45, 7) is 3.85. The molecule has 9 heteroatoms. The maximum atomic E-state index is 13.1. The number of carbonyl (C=O) groups is 3. The van der Waals surface area contributed by atoms with Crippen LogP contribution in [-0.2, 0) is 14.3 Å². The minimum atomic E-state index is -0.779. The van der Waals surface area contributed by atoms with Crippen LogP contribution in [0.5, 0.6) is 5.75 Å². The number of benzene rings is 1. The molecule has 3 N–H and O–H groups in total. The molecule has 2 fully saturated rings. The third kappa shape index (κ3) is 5.48. The Labute approximate surface area is 192 Å². The summed E-state index contributed by atoms with van der Waals surface area (Å²) in [7, 11) is 0. The number of nitrogens with two attached hydrogens (primary N) is 1. The average Bonchev–Trinajstić information content (AvgIpc) is 3.32. The second-order valence-corrected chi connectivity index (χ2v) is 8.61. The van der Waals surface area contributed by atoms with Crippen molar-refractivity contribution < 1.29 is 23.9 Å². The number of likely N-dealkylation sites (tertiary alicyclic amines) is 1. The SMILES string of the molecule is C[C@H]1CC[C@H](c2ccc(O[C@@H]3CCOC3)cc2)N(C(=O)C(=O)Nc2cncc(C(N)=O)c2)C1. The van der Waals surface area contributed by atoms with Crippen LogP contribution in [0, 0.1) is 5.92 Å². The molecule has 0 bridgehead atoms. The van der Waals surface area contributed by atoms with Crippen molar-refractivity contribution in [1.29, 1.82) is 0 Å². The molecule has 0 radical (unpaired) electrons. The third-order valence-electron chi connectivity index (χ3n) is 6.01. The number of ether oxygens (including phenoxy) is 2. The van der Waals surface area contributed by atoms with Gasteiger partial charge in [0.15, 0.2) is 0 Å². The Balaban J connectivity index is 1.47. The van der Waals surface area contributed by atoms with Gasteiger partial charge in [0, 0.05) is 19.2 Å². The van der Waals surface area contributed by atoms with Gasteiger partial charge in [-0.1, -0.05) is 19.1 Å². The number of carbonyl (C=O) groups excluding carboxylic acids is 3. The van der Waals surface area contributed by atoms with Crippen molar-refractivity contribution in [3.05, 3.63) is 53.9 Å². The average molecular weight is 453 g/mol. The van der Waals surface area contributed by atoms with Crippen molar-refractivity contribution in [1.82, 2.24) is 9.88 Å². The van der Waals surface area contributed by atoms with Gasteiger partial charge in [0.25, 0.3) is 0 Å². The fourth-order valence-corrected chi connectivity index (χ4v) is 4.25. The first-order chi connectivity index (χ1) is 15.9. The van der Waals surface area contributed by atoms with Crippen LogP contribution in [-0.4, -0.2) is 53.5 Å². The minimum absolute atomic E-state index is 0.0655. The quantitative estimate of drug-likeness (QED) is 0.671. The van der Waals surface area contributed by atoms with E-state index in [0.717, 1.165) is 30.6 Å². The molecule has 174 valence electrons. The molecule has 4 rings (SSSR count). The zero-order chi connectivity index (χ0) is 23.4. The Morgan fingerprint density at radius 1 is 1.15 bits per heavy atom. The topological polar surface area (TPSA) is 124 Å². The molecule has 33 heavy (non-hydrogen) atoms. The summed E-state index contributed by atoms with van der Waals surface area (Å²) in [5.74, 6) is -1.03. The Bertz CT molecular complexity index is 1020. The summed E-state index contributed by atoms with van der Waals surface area (Å²) in [5, 5.41) is 2.54. The largest absolute Gasteiger partial charge is 0.488 e. The van der Waals surface area contributed by atoms with Gasteiger partial charge in [-0.25, -0.2) is 0 Å². The van der Waals surface area contributed by atoms with E-state index in [1.807, 2.05) is 24.3 Å². The van der Waals surface area contributed by atoms with Gasteiger partial charge in [-0.05, 0) is 42.5 Å². The van der Waals surface area contributed by atoms with Gasteiger partial charge in [-0.2, -0.15) is 0 Å². The number of piperidine rings is 1. The fraction of sp³-hybridized carbons (Fsp3) is 0.417. The molecule has 0 spiro atoms. The molecule has 3 heterocycles. The highest BCUT2D eigenvalue weighted by molar-refractivity contribution is 6.39. The zero-order valence-electron chi connectivity index (χ0n) is 18.5. The van der Waals surface area contributed by atoms with Crippen LogP contribution in [0.2, 0.25) is 0 Å². The molecule has 2 saturated heterocycles. The van der Waals surface area contributed by atoms with Crippen molar-refractivity contribution >= 4 is 23.4 Å². The number of primary amides is 1. The van der Waals surface area contributed by atoms with E-state index >= 15 is 0 Å². The van der Waals surface area contributed by atoms with Crippen molar-refractivity contribution in [2.45, 2.75) is 38.3 Å². The van der Waals surface area contributed by atoms with Crippen LogP contribution in [0.25, 0.3) is 0 Å². The van der Waals surface area contributed by atoms with Crippen LogP contribution in [0.15, 0.2) is 42.7 Å². The summed E-state index contributed by atoms with van der Waals surface area (Å²) in [4.78, 5) is 42.7. The standard InChI is InChI=1S/C24H28N4O5/c1-15-2-7-21(16-3-5-19(6-4-16)33-20-8-9-32-14-20)28(13-15)24(31)23(30)27-18-10-17(22(25)29)11-26-12-18/h3-6,10-12,15,20-21H,2,7-9,13-14H2,1H3,(H2,25,29)(H,27,30)/t15-,20+,21+/m0/s1. The maximum Gasteiger partial charge on any atom is 0.313 e. The number of aromatic nitrogens is 1. The van der Waals surface area contributed by atoms with E-state index in [0.29, 0.717) is 19.8 Å². The molecule has 2 aliphatic heterocycles. The monoisotopic (exact) mass is 452 g/mol. The first-order valence-electron chi connectivity index (χ1n) is 11.1. The van der Waals surface area contributed by atoms with Gasteiger partial charge in [-0.15, -0.1) is 0 Å². The van der Waals surface area contributed by atoms with Crippen LogP contribution in [0.3, 0.4) is 0 Å². The fourth-order valence-electron chi connectivity index (χ4n) is 4.25. The third-order valence-corrected chi connectivity index (χ3v) is 6.01. The molecular weight excluding hydrogens is 424 g/mol. The molecule has 1 aromatic carbocycles. The lowest BCUT2D eigenvalue weighted by Gasteiger charge is -2.38. The molecule has 9 nitrogen and oxygen atoms in total. The number of anilines is 1. The van der Waals surface area contributed by atoms with E-state index in [-0.39, 0.29) is 29.3 Å². The minimum Gasteiger partial charge on any atom is -0.488 e. The Morgan fingerprint density at radius 2 is 1.94 bits per heavy atom. The van der Waals surface area contributed by atoms with E-state index in [9.17, 15) is 14.4 Å². The van der Waals surface area contributed by atoms with E-state index in [1.165, 1.54) is 18.5 Å². The first kappa shape index (κ1) is 22.7. The second-order valence-electron chi connectivity index (χ2n) is 8.61.